The molecule has 160 valence electrons. The molecular weight excluding hydrogens is 378 g/mol. The summed E-state index contributed by atoms with van der Waals surface area (Å²) in [4.78, 5) is 21.1. The predicted molar refractivity (Wildman–Crippen MR) is 117 cm³/mol. The van der Waals surface area contributed by atoms with E-state index in [1.165, 1.54) is 34.8 Å². The standard InChI is InChI=1S/C24H31N3O3/c1-3-7-27-14-16(24(28)29-2)12-18-17-5-4-6-20-23(17)19(13-22(18)27)21(25-20)15-26-8-10-30-11-9-26/h3-6,16,18,22,25H,1,7-15H2,2H3/t16-,18?,22+/m0/s1. The van der Waals surface area contributed by atoms with Gasteiger partial charge in [0.1, 0.15) is 0 Å². The van der Waals surface area contributed by atoms with Crippen molar-refractivity contribution in [2.24, 2.45) is 5.92 Å². The molecule has 2 aliphatic heterocycles. The van der Waals surface area contributed by atoms with Crippen LogP contribution in [-0.2, 0) is 27.2 Å². The highest BCUT2D eigenvalue weighted by atomic mass is 16.5. The van der Waals surface area contributed by atoms with Gasteiger partial charge in [-0.05, 0) is 30.0 Å². The van der Waals surface area contributed by atoms with Crippen molar-refractivity contribution in [3.05, 3.63) is 47.7 Å². The van der Waals surface area contributed by atoms with E-state index < -0.39 is 0 Å². The number of nitrogens with zero attached hydrogens (tertiary/aromatic N) is 2. The maximum Gasteiger partial charge on any atom is 0.309 e. The number of ether oxygens (including phenoxy) is 2. The van der Waals surface area contributed by atoms with Crippen LogP contribution < -0.4 is 0 Å². The SMILES string of the molecule is C=CCN1C[C@@H](C(=O)OC)CC2c3cccc4[nH]c(CN5CCOCC5)c(c34)C[C@H]21. The molecule has 1 aromatic heterocycles. The second-order valence-electron chi connectivity index (χ2n) is 8.82. The van der Waals surface area contributed by atoms with E-state index in [4.69, 9.17) is 9.47 Å². The summed E-state index contributed by atoms with van der Waals surface area (Å²) in [5.41, 5.74) is 5.40. The Hall–Kier alpha value is -2.15. The predicted octanol–water partition coefficient (Wildman–Crippen LogP) is 2.69. The first-order valence-electron chi connectivity index (χ1n) is 11.0. The van der Waals surface area contributed by atoms with Crippen molar-refractivity contribution in [2.75, 3.05) is 46.5 Å². The number of morpholine rings is 1. The second kappa shape index (κ2) is 8.17. The average Bonchev–Trinajstić information content (AvgIpc) is 3.12. The van der Waals surface area contributed by atoms with Crippen LogP contribution in [0, 0.1) is 5.92 Å². The Morgan fingerprint density at radius 3 is 2.97 bits per heavy atom. The molecule has 3 aliphatic rings. The molecular formula is C24H31N3O3. The van der Waals surface area contributed by atoms with E-state index in [-0.39, 0.29) is 11.9 Å². The number of hydrogen-bond acceptors (Lipinski definition) is 5. The number of aromatic amines is 1. The molecule has 0 saturated carbocycles. The lowest BCUT2D eigenvalue weighted by molar-refractivity contribution is -0.148. The maximum absolute atomic E-state index is 12.4. The van der Waals surface area contributed by atoms with Crippen LogP contribution in [0.1, 0.15) is 29.2 Å². The number of rotatable bonds is 5. The number of benzene rings is 1. The van der Waals surface area contributed by atoms with Crippen molar-refractivity contribution in [3.8, 4) is 0 Å². The highest BCUT2D eigenvalue weighted by Crippen LogP contribution is 2.46. The van der Waals surface area contributed by atoms with Crippen molar-refractivity contribution in [3.63, 3.8) is 0 Å². The summed E-state index contributed by atoms with van der Waals surface area (Å²) in [5, 5.41) is 1.38. The van der Waals surface area contributed by atoms with E-state index in [1.54, 1.807) is 0 Å². The van der Waals surface area contributed by atoms with Gasteiger partial charge in [0, 0.05) is 61.3 Å². The Balaban J connectivity index is 1.54. The number of H-pyrrole nitrogens is 1. The van der Waals surface area contributed by atoms with Gasteiger partial charge >= 0.3 is 5.97 Å². The van der Waals surface area contributed by atoms with Crippen molar-refractivity contribution in [2.45, 2.75) is 31.3 Å². The summed E-state index contributed by atoms with van der Waals surface area (Å²) in [6, 6.07) is 6.99. The van der Waals surface area contributed by atoms with E-state index in [2.05, 4.69) is 39.6 Å². The number of fused-ring (bicyclic) bond motifs is 2. The average molecular weight is 410 g/mol. The summed E-state index contributed by atoms with van der Waals surface area (Å²) in [6.07, 6.45) is 3.83. The molecule has 5 rings (SSSR count). The Morgan fingerprint density at radius 2 is 2.20 bits per heavy atom. The molecule has 6 heteroatoms. The third kappa shape index (κ3) is 3.37. The minimum atomic E-state index is -0.0949. The molecule has 3 atom stereocenters. The first-order valence-corrected chi connectivity index (χ1v) is 11.0. The molecule has 0 spiro atoms. The Labute approximate surface area is 177 Å². The number of piperidine rings is 1. The Kier molecular flexibility index (Phi) is 5.39. The van der Waals surface area contributed by atoms with Gasteiger partial charge in [0.2, 0.25) is 0 Å². The number of esters is 1. The van der Waals surface area contributed by atoms with Gasteiger partial charge in [-0.1, -0.05) is 18.2 Å². The molecule has 0 amide bonds. The summed E-state index contributed by atoms with van der Waals surface area (Å²) >= 11 is 0. The van der Waals surface area contributed by atoms with Crippen LogP contribution in [0.5, 0.6) is 0 Å². The number of likely N-dealkylation sites (tertiary alicyclic amines) is 1. The normalized spacial score (nSPS) is 27.0. The van der Waals surface area contributed by atoms with E-state index >= 15 is 0 Å². The van der Waals surface area contributed by atoms with Crippen molar-refractivity contribution in [1.29, 1.82) is 0 Å². The smallest absolute Gasteiger partial charge is 0.309 e. The molecule has 1 unspecified atom stereocenters. The fourth-order valence-electron chi connectivity index (χ4n) is 5.79. The van der Waals surface area contributed by atoms with Crippen molar-refractivity contribution in [1.82, 2.24) is 14.8 Å². The molecule has 2 fully saturated rings. The van der Waals surface area contributed by atoms with E-state index in [1.807, 2.05) is 6.08 Å². The second-order valence-corrected chi connectivity index (χ2v) is 8.82. The minimum Gasteiger partial charge on any atom is -0.469 e. The first kappa shape index (κ1) is 19.8. The summed E-state index contributed by atoms with van der Waals surface area (Å²) in [5.74, 6) is 0.161. The quantitative estimate of drug-likeness (QED) is 0.608. The van der Waals surface area contributed by atoms with Crippen LogP contribution in [0.25, 0.3) is 10.9 Å². The van der Waals surface area contributed by atoms with E-state index in [0.29, 0.717) is 12.0 Å². The number of methoxy groups -OCH3 is 1. The molecule has 6 nitrogen and oxygen atoms in total. The minimum absolute atomic E-state index is 0.0835. The number of carbonyl (C=O) groups is 1. The number of aromatic nitrogens is 1. The van der Waals surface area contributed by atoms with Crippen LogP contribution in [0.3, 0.4) is 0 Å². The Morgan fingerprint density at radius 1 is 1.37 bits per heavy atom. The molecule has 3 heterocycles. The fourth-order valence-corrected chi connectivity index (χ4v) is 5.79. The van der Waals surface area contributed by atoms with Crippen molar-refractivity contribution < 1.29 is 14.3 Å². The molecule has 0 radical (unpaired) electrons. The van der Waals surface area contributed by atoms with E-state index in [0.717, 1.165) is 58.8 Å². The molecule has 0 bridgehead atoms. The topological polar surface area (TPSA) is 57.8 Å². The van der Waals surface area contributed by atoms with Gasteiger partial charge in [0.05, 0.1) is 26.2 Å². The third-order valence-electron chi connectivity index (χ3n) is 7.17. The van der Waals surface area contributed by atoms with Crippen LogP contribution in [0.2, 0.25) is 0 Å². The number of hydrogen-bond donors (Lipinski definition) is 1. The summed E-state index contributed by atoms with van der Waals surface area (Å²) in [6.45, 7) is 10.0. The van der Waals surface area contributed by atoms with Crippen LogP contribution in [0.15, 0.2) is 30.9 Å². The zero-order valence-corrected chi connectivity index (χ0v) is 17.7. The molecule has 2 saturated heterocycles. The van der Waals surface area contributed by atoms with Gasteiger partial charge in [-0.15, -0.1) is 6.58 Å². The largest absolute Gasteiger partial charge is 0.469 e. The van der Waals surface area contributed by atoms with Crippen LogP contribution in [0.4, 0.5) is 0 Å². The monoisotopic (exact) mass is 409 g/mol. The molecule has 2 aromatic rings. The zero-order chi connectivity index (χ0) is 20.7. The zero-order valence-electron chi connectivity index (χ0n) is 17.7. The third-order valence-corrected chi connectivity index (χ3v) is 7.17. The van der Waals surface area contributed by atoms with Gasteiger partial charge in [-0.3, -0.25) is 14.6 Å². The number of nitrogens with one attached hydrogen (secondary N) is 1. The van der Waals surface area contributed by atoms with Gasteiger partial charge in [-0.25, -0.2) is 0 Å². The summed E-state index contributed by atoms with van der Waals surface area (Å²) in [7, 11) is 1.50. The highest BCUT2D eigenvalue weighted by molar-refractivity contribution is 5.90. The number of carbonyl (C=O) groups excluding carboxylic acids is 1. The van der Waals surface area contributed by atoms with Gasteiger partial charge in [0.25, 0.3) is 0 Å². The van der Waals surface area contributed by atoms with Crippen molar-refractivity contribution >= 4 is 16.9 Å². The van der Waals surface area contributed by atoms with Gasteiger partial charge in [0.15, 0.2) is 0 Å². The lowest BCUT2D eigenvalue weighted by Gasteiger charge is -2.46. The van der Waals surface area contributed by atoms with Gasteiger partial charge < -0.3 is 14.5 Å². The molecule has 1 aliphatic carbocycles. The maximum atomic E-state index is 12.4. The highest BCUT2D eigenvalue weighted by Gasteiger charge is 2.43. The lowest BCUT2D eigenvalue weighted by Crippen LogP contribution is -2.51. The van der Waals surface area contributed by atoms with Gasteiger partial charge in [-0.2, -0.15) is 0 Å². The molecule has 1 N–H and O–H groups in total. The summed E-state index contributed by atoms with van der Waals surface area (Å²) < 4.78 is 10.6. The Bertz CT molecular complexity index is 947. The first-order chi connectivity index (χ1) is 14.7. The molecule has 1 aromatic carbocycles. The lowest BCUT2D eigenvalue weighted by atomic mass is 9.72. The van der Waals surface area contributed by atoms with E-state index in [9.17, 15) is 4.79 Å². The molecule has 30 heavy (non-hydrogen) atoms. The fraction of sp³-hybridized carbons (Fsp3) is 0.542. The van der Waals surface area contributed by atoms with Crippen LogP contribution in [-0.4, -0.2) is 73.3 Å². The van der Waals surface area contributed by atoms with Crippen LogP contribution >= 0.6 is 0 Å².